The topological polar surface area (TPSA) is 72.5 Å². The van der Waals surface area contributed by atoms with E-state index in [9.17, 15) is 4.79 Å². The molecule has 7 heteroatoms. The molecule has 0 fully saturated rings. The normalized spacial score (nSPS) is 13.1. The first-order valence-corrected chi connectivity index (χ1v) is 13.0. The van der Waals surface area contributed by atoms with Crippen LogP contribution < -0.4 is 9.47 Å². The van der Waals surface area contributed by atoms with Crippen LogP contribution in [0.3, 0.4) is 0 Å². The van der Waals surface area contributed by atoms with Gasteiger partial charge in [-0.1, -0.05) is 55.1 Å². The number of carbonyl (C=O) groups excluding carboxylic acids is 1. The number of benzene rings is 3. The van der Waals surface area contributed by atoms with Crippen molar-refractivity contribution >= 4 is 5.97 Å². The van der Waals surface area contributed by atoms with Gasteiger partial charge in [-0.15, -0.1) is 0 Å². The molecule has 0 heterocycles. The summed E-state index contributed by atoms with van der Waals surface area (Å²) in [5, 5.41) is 0. The number of methoxy groups -OCH3 is 2. The molecule has 7 nitrogen and oxygen atoms in total. The minimum atomic E-state index is -0.439. The summed E-state index contributed by atoms with van der Waals surface area (Å²) < 4.78 is 34.0. The lowest BCUT2D eigenvalue weighted by molar-refractivity contribution is -0.00886. The zero-order chi connectivity index (χ0) is 28.2. The summed E-state index contributed by atoms with van der Waals surface area (Å²) in [5.74, 6) is 2.06. The third kappa shape index (κ3) is 8.09. The Bertz CT molecular complexity index is 1340. The lowest BCUT2D eigenvalue weighted by atomic mass is 9.93. The van der Waals surface area contributed by atoms with Crippen LogP contribution in [-0.4, -0.2) is 40.2 Å². The van der Waals surface area contributed by atoms with Crippen LogP contribution in [0, 0.1) is 0 Å². The summed E-state index contributed by atoms with van der Waals surface area (Å²) >= 11 is 0. The Hall–Kier alpha value is -4.33. The van der Waals surface area contributed by atoms with Crippen LogP contribution >= 0.6 is 0 Å². The fourth-order valence-electron chi connectivity index (χ4n) is 4.26. The molecule has 0 amide bonds. The van der Waals surface area contributed by atoms with Crippen molar-refractivity contribution in [3.63, 3.8) is 0 Å². The summed E-state index contributed by atoms with van der Waals surface area (Å²) in [7, 11) is 3.24. The van der Waals surface area contributed by atoms with E-state index < -0.39 is 5.97 Å². The van der Waals surface area contributed by atoms with Gasteiger partial charge in [0.2, 0.25) is 0 Å². The van der Waals surface area contributed by atoms with Crippen molar-refractivity contribution in [2.75, 3.05) is 34.2 Å². The molecule has 0 atom stereocenters. The first-order valence-electron chi connectivity index (χ1n) is 13.0. The van der Waals surface area contributed by atoms with Crippen molar-refractivity contribution in [2.45, 2.75) is 19.4 Å². The molecule has 3 aromatic rings. The Kier molecular flexibility index (Phi) is 10.6. The van der Waals surface area contributed by atoms with Crippen molar-refractivity contribution in [2.24, 2.45) is 0 Å². The van der Waals surface area contributed by atoms with Crippen molar-refractivity contribution in [3.05, 3.63) is 131 Å². The van der Waals surface area contributed by atoms with Crippen LogP contribution in [0.5, 0.6) is 11.5 Å². The van der Waals surface area contributed by atoms with Gasteiger partial charge < -0.3 is 28.4 Å². The third-order valence-electron chi connectivity index (χ3n) is 6.19. The molecule has 40 heavy (non-hydrogen) atoms. The first-order chi connectivity index (χ1) is 19.6. The average molecular weight is 543 g/mol. The Morgan fingerprint density at radius 1 is 0.900 bits per heavy atom. The lowest BCUT2D eigenvalue weighted by Gasteiger charge is -2.23. The number of ether oxygens (including phenoxy) is 6. The van der Waals surface area contributed by atoms with E-state index in [1.807, 2.05) is 42.5 Å². The standard InChI is InChI=1S/C33H34O7/c1-24-18-30(38-22-25-10-6-4-7-11-25)21-28(32(24)36-3)19-27-20-29(40-33(34)26-12-8-5-9-13-26)14-15-31(27)39-23-37-17-16-35-2/h4-15,18,20H,1,16-17,19,21-23H2,2-3H3. The highest BCUT2D eigenvalue weighted by atomic mass is 16.7. The summed E-state index contributed by atoms with van der Waals surface area (Å²) in [6.07, 6.45) is 2.90. The van der Waals surface area contributed by atoms with E-state index in [1.165, 1.54) is 0 Å². The van der Waals surface area contributed by atoms with Crippen LogP contribution in [0.4, 0.5) is 0 Å². The number of rotatable bonds is 14. The average Bonchev–Trinajstić information content (AvgIpc) is 2.98. The number of hydrogen-bond acceptors (Lipinski definition) is 7. The minimum Gasteiger partial charge on any atom is -0.496 e. The van der Waals surface area contributed by atoms with Crippen LogP contribution in [0.2, 0.25) is 0 Å². The molecule has 0 saturated carbocycles. The highest BCUT2D eigenvalue weighted by Crippen LogP contribution is 2.35. The molecule has 3 aromatic carbocycles. The van der Waals surface area contributed by atoms with E-state index in [1.54, 1.807) is 56.7 Å². The highest BCUT2D eigenvalue weighted by Gasteiger charge is 2.22. The highest BCUT2D eigenvalue weighted by molar-refractivity contribution is 5.91. The predicted molar refractivity (Wildman–Crippen MR) is 152 cm³/mol. The van der Waals surface area contributed by atoms with Gasteiger partial charge in [-0.3, -0.25) is 0 Å². The van der Waals surface area contributed by atoms with E-state index in [0.29, 0.717) is 55.5 Å². The van der Waals surface area contributed by atoms with Gasteiger partial charge in [0.1, 0.15) is 29.6 Å². The second-order valence-electron chi connectivity index (χ2n) is 9.09. The fraction of sp³-hybridized carbons (Fsp3) is 0.242. The molecule has 0 spiro atoms. The predicted octanol–water partition coefficient (Wildman–Crippen LogP) is 6.41. The molecule has 0 saturated heterocycles. The zero-order valence-electron chi connectivity index (χ0n) is 22.9. The van der Waals surface area contributed by atoms with Gasteiger partial charge in [0.15, 0.2) is 6.79 Å². The summed E-state index contributed by atoms with van der Waals surface area (Å²) in [6, 6.07) is 24.1. The minimum absolute atomic E-state index is 0.0493. The molecule has 0 N–H and O–H groups in total. The molecule has 0 bridgehead atoms. The molecule has 0 unspecified atom stereocenters. The van der Waals surface area contributed by atoms with Crippen LogP contribution in [-0.2, 0) is 32.0 Å². The molecule has 1 aliphatic carbocycles. The molecule has 0 aromatic heterocycles. The Balaban J connectivity index is 1.54. The maximum Gasteiger partial charge on any atom is 0.343 e. The lowest BCUT2D eigenvalue weighted by Crippen LogP contribution is -2.12. The largest absolute Gasteiger partial charge is 0.496 e. The molecule has 0 aliphatic heterocycles. The van der Waals surface area contributed by atoms with Crippen LogP contribution in [0.1, 0.15) is 27.9 Å². The van der Waals surface area contributed by atoms with Crippen molar-refractivity contribution in [1.82, 2.24) is 0 Å². The Morgan fingerprint density at radius 2 is 1.65 bits per heavy atom. The van der Waals surface area contributed by atoms with Gasteiger partial charge in [0, 0.05) is 31.1 Å². The number of carbonyl (C=O) groups is 1. The number of hydrogen-bond donors (Lipinski definition) is 0. The number of esters is 1. The second-order valence-corrected chi connectivity index (χ2v) is 9.09. The first kappa shape index (κ1) is 28.7. The summed E-state index contributed by atoms with van der Waals surface area (Å²) in [5.41, 5.74) is 4.04. The van der Waals surface area contributed by atoms with Crippen LogP contribution in [0.15, 0.2) is 114 Å². The zero-order valence-corrected chi connectivity index (χ0v) is 22.9. The quantitative estimate of drug-likeness (QED) is 0.101. The molecule has 1 aliphatic rings. The van der Waals surface area contributed by atoms with Gasteiger partial charge in [0.05, 0.1) is 25.9 Å². The van der Waals surface area contributed by atoms with Gasteiger partial charge in [-0.05, 0) is 47.5 Å². The van der Waals surface area contributed by atoms with E-state index in [0.717, 1.165) is 28.0 Å². The monoisotopic (exact) mass is 542 g/mol. The molecule has 4 rings (SSSR count). The molecule has 208 valence electrons. The van der Waals surface area contributed by atoms with Gasteiger partial charge in [-0.2, -0.15) is 0 Å². The van der Waals surface area contributed by atoms with Crippen molar-refractivity contribution < 1.29 is 33.2 Å². The maximum atomic E-state index is 12.7. The molecular weight excluding hydrogens is 508 g/mol. The van der Waals surface area contributed by atoms with E-state index in [-0.39, 0.29) is 6.79 Å². The molecule has 0 radical (unpaired) electrons. The summed E-state index contributed by atoms with van der Waals surface area (Å²) in [6.45, 7) is 5.56. The van der Waals surface area contributed by atoms with Crippen molar-refractivity contribution in [1.29, 1.82) is 0 Å². The fourth-order valence-corrected chi connectivity index (χ4v) is 4.26. The van der Waals surface area contributed by atoms with Gasteiger partial charge in [0.25, 0.3) is 0 Å². The smallest absolute Gasteiger partial charge is 0.343 e. The SMILES string of the molecule is C=C1C=C(OCc2ccccc2)CC(Cc2cc(OC(=O)c3ccccc3)ccc2OCOCCOC)=C1OC. The Morgan fingerprint density at radius 3 is 2.38 bits per heavy atom. The van der Waals surface area contributed by atoms with Gasteiger partial charge in [-0.25, -0.2) is 4.79 Å². The summed E-state index contributed by atoms with van der Waals surface area (Å²) in [4.78, 5) is 12.7. The van der Waals surface area contributed by atoms with Crippen molar-refractivity contribution in [3.8, 4) is 11.5 Å². The van der Waals surface area contributed by atoms with E-state index in [4.69, 9.17) is 28.4 Å². The molecular formula is C33H34O7. The van der Waals surface area contributed by atoms with E-state index in [2.05, 4.69) is 6.58 Å². The van der Waals surface area contributed by atoms with E-state index >= 15 is 0 Å². The Labute approximate surface area is 235 Å². The van der Waals surface area contributed by atoms with Crippen LogP contribution in [0.25, 0.3) is 0 Å². The second kappa shape index (κ2) is 14.7. The third-order valence-corrected chi connectivity index (χ3v) is 6.19. The van der Waals surface area contributed by atoms with Gasteiger partial charge >= 0.3 is 5.97 Å². The number of allylic oxidation sites excluding steroid dienone is 2. The maximum absolute atomic E-state index is 12.7.